The first-order chi connectivity index (χ1) is 8.45. The summed E-state index contributed by atoms with van der Waals surface area (Å²) in [6.07, 6.45) is -0.599. The molecule has 1 aromatic carbocycles. The molecule has 1 amide bonds. The van der Waals surface area contributed by atoms with E-state index in [4.69, 9.17) is 4.74 Å². The SMILES string of the molecule is COC(=O)C(C)(C)COC(=O)Nc1ccccc1. The zero-order valence-corrected chi connectivity index (χ0v) is 10.7. The first kappa shape index (κ1) is 14.0. The maximum atomic E-state index is 11.5. The van der Waals surface area contributed by atoms with E-state index in [0.29, 0.717) is 5.69 Å². The molecule has 1 N–H and O–H groups in total. The van der Waals surface area contributed by atoms with Crippen molar-refractivity contribution >= 4 is 17.7 Å². The third kappa shape index (κ3) is 4.08. The summed E-state index contributed by atoms with van der Waals surface area (Å²) in [5.41, 5.74) is -0.221. The van der Waals surface area contributed by atoms with Gasteiger partial charge in [-0.2, -0.15) is 0 Å². The first-order valence-electron chi connectivity index (χ1n) is 5.53. The molecular formula is C13H17NO4. The number of para-hydroxylation sites is 1. The molecule has 0 aliphatic heterocycles. The lowest BCUT2D eigenvalue weighted by Gasteiger charge is -2.20. The van der Waals surface area contributed by atoms with E-state index in [1.54, 1.807) is 38.1 Å². The van der Waals surface area contributed by atoms with Gasteiger partial charge in [0.15, 0.2) is 0 Å². The van der Waals surface area contributed by atoms with Gasteiger partial charge in [0, 0.05) is 5.69 Å². The molecule has 1 rings (SSSR count). The van der Waals surface area contributed by atoms with Crippen LogP contribution in [0.15, 0.2) is 30.3 Å². The summed E-state index contributed by atoms with van der Waals surface area (Å²) < 4.78 is 9.60. The fraction of sp³-hybridized carbons (Fsp3) is 0.385. The number of anilines is 1. The van der Waals surface area contributed by atoms with Gasteiger partial charge >= 0.3 is 12.1 Å². The number of carbonyl (C=O) groups is 2. The number of benzene rings is 1. The van der Waals surface area contributed by atoms with Crippen LogP contribution < -0.4 is 5.32 Å². The molecule has 0 spiro atoms. The van der Waals surface area contributed by atoms with Crippen LogP contribution in [-0.2, 0) is 14.3 Å². The maximum absolute atomic E-state index is 11.5. The second-order valence-electron chi connectivity index (χ2n) is 4.44. The van der Waals surface area contributed by atoms with Crippen LogP contribution in [-0.4, -0.2) is 25.8 Å². The van der Waals surface area contributed by atoms with E-state index in [9.17, 15) is 9.59 Å². The van der Waals surface area contributed by atoms with E-state index in [2.05, 4.69) is 10.1 Å². The fourth-order valence-corrected chi connectivity index (χ4v) is 1.26. The maximum Gasteiger partial charge on any atom is 0.411 e. The lowest BCUT2D eigenvalue weighted by molar-refractivity contribution is -0.152. The second-order valence-corrected chi connectivity index (χ2v) is 4.44. The largest absolute Gasteiger partial charge is 0.469 e. The Labute approximate surface area is 106 Å². The van der Waals surface area contributed by atoms with Crippen molar-refractivity contribution in [1.82, 2.24) is 0 Å². The second kappa shape index (κ2) is 6.05. The lowest BCUT2D eigenvalue weighted by Crippen LogP contribution is -2.32. The third-order valence-corrected chi connectivity index (χ3v) is 2.32. The van der Waals surface area contributed by atoms with Crippen LogP contribution >= 0.6 is 0 Å². The molecule has 0 radical (unpaired) electrons. The van der Waals surface area contributed by atoms with Crippen molar-refractivity contribution in [2.24, 2.45) is 5.41 Å². The highest BCUT2D eigenvalue weighted by Gasteiger charge is 2.30. The average Bonchev–Trinajstić information content (AvgIpc) is 2.36. The van der Waals surface area contributed by atoms with Crippen LogP contribution in [0.1, 0.15) is 13.8 Å². The molecule has 0 bridgehead atoms. The van der Waals surface area contributed by atoms with Gasteiger partial charge in [-0.05, 0) is 26.0 Å². The van der Waals surface area contributed by atoms with Gasteiger partial charge in [-0.3, -0.25) is 10.1 Å². The van der Waals surface area contributed by atoms with Gasteiger partial charge in [-0.1, -0.05) is 18.2 Å². The van der Waals surface area contributed by atoms with E-state index in [-0.39, 0.29) is 6.61 Å². The van der Waals surface area contributed by atoms with E-state index in [0.717, 1.165) is 0 Å². The summed E-state index contributed by atoms with van der Waals surface area (Å²) in [6, 6.07) is 8.93. The van der Waals surface area contributed by atoms with E-state index in [1.807, 2.05) is 6.07 Å². The summed E-state index contributed by atoms with van der Waals surface area (Å²) in [7, 11) is 1.30. The molecule has 18 heavy (non-hydrogen) atoms. The number of rotatable bonds is 4. The van der Waals surface area contributed by atoms with Crippen LogP contribution in [0.25, 0.3) is 0 Å². The van der Waals surface area contributed by atoms with Gasteiger partial charge in [0.05, 0.1) is 12.5 Å². The predicted molar refractivity (Wildman–Crippen MR) is 67.2 cm³/mol. The summed E-state index contributed by atoms with van der Waals surface area (Å²) in [5.74, 6) is -0.421. The van der Waals surface area contributed by atoms with E-state index < -0.39 is 17.5 Å². The lowest BCUT2D eigenvalue weighted by atomic mass is 9.95. The highest BCUT2D eigenvalue weighted by Crippen LogP contribution is 2.17. The topological polar surface area (TPSA) is 64.6 Å². The van der Waals surface area contributed by atoms with E-state index in [1.165, 1.54) is 7.11 Å². The zero-order valence-electron chi connectivity index (χ0n) is 10.7. The summed E-state index contributed by atoms with van der Waals surface area (Å²) >= 11 is 0. The minimum absolute atomic E-state index is 0.0433. The molecule has 98 valence electrons. The van der Waals surface area contributed by atoms with Crippen LogP contribution in [0, 0.1) is 5.41 Å². The Bertz CT molecular complexity index is 414. The molecule has 0 saturated heterocycles. The number of esters is 1. The molecule has 1 aromatic rings. The van der Waals surface area contributed by atoms with Crippen molar-refractivity contribution in [3.63, 3.8) is 0 Å². The van der Waals surface area contributed by atoms with E-state index >= 15 is 0 Å². The quantitative estimate of drug-likeness (QED) is 0.835. The Hall–Kier alpha value is -2.04. The van der Waals surface area contributed by atoms with Crippen molar-refractivity contribution in [2.75, 3.05) is 19.0 Å². The minimum Gasteiger partial charge on any atom is -0.469 e. The van der Waals surface area contributed by atoms with Crippen LogP contribution in [0.4, 0.5) is 10.5 Å². The van der Waals surface area contributed by atoms with Crippen LogP contribution in [0.2, 0.25) is 0 Å². The number of amides is 1. The van der Waals surface area contributed by atoms with Crippen molar-refractivity contribution in [3.05, 3.63) is 30.3 Å². The average molecular weight is 251 g/mol. The standard InChI is InChI=1S/C13H17NO4/c1-13(2,11(15)17-3)9-18-12(16)14-10-7-5-4-6-8-10/h4-8H,9H2,1-3H3,(H,14,16). The molecule has 0 aliphatic rings. The molecule has 0 saturated carbocycles. The van der Waals surface area contributed by atoms with Crippen molar-refractivity contribution in [2.45, 2.75) is 13.8 Å². The van der Waals surface area contributed by atoms with Gasteiger partial charge in [0.1, 0.15) is 6.61 Å². The Kier molecular flexibility index (Phi) is 4.71. The van der Waals surface area contributed by atoms with Crippen molar-refractivity contribution in [3.8, 4) is 0 Å². The molecule has 5 nitrogen and oxygen atoms in total. The number of ether oxygens (including phenoxy) is 2. The smallest absolute Gasteiger partial charge is 0.411 e. The molecule has 0 unspecified atom stereocenters. The number of nitrogens with one attached hydrogen (secondary N) is 1. The van der Waals surface area contributed by atoms with Gasteiger partial charge in [0.2, 0.25) is 0 Å². The monoisotopic (exact) mass is 251 g/mol. The fourth-order valence-electron chi connectivity index (χ4n) is 1.26. The highest BCUT2D eigenvalue weighted by atomic mass is 16.6. The number of carbonyl (C=O) groups excluding carboxylic acids is 2. The number of hydrogen-bond donors (Lipinski definition) is 1. The molecular weight excluding hydrogens is 234 g/mol. The third-order valence-electron chi connectivity index (χ3n) is 2.32. The van der Waals surface area contributed by atoms with Crippen LogP contribution in [0.5, 0.6) is 0 Å². The molecule has 0 fully saturated rings. The van der Waals surface area contributed by atoms with Crippen LogP contribution in [0.3, 0.4) is 0 Å². The molecule has 0 atom stereocenters. The summed E-state index contributed by atoms with van der Waals surface area (Å²) in [6.45, 7) is 3.25. The molecule has 0 aliphatic carbocycles. The van der Waals surface area contributed by atoms with Gasteiger partial charge in [-0.15, -0.1) is 0 Å². The predicted octanol–water partition coefficient (Wildman–Crippen LogP) is 2.43. The Morgan fingerprint density at radius 3 is 2.39 bits per heavy atom. The zero-order chi connectivity index (χ0) is 13.6. The van der Waals surface area contributed by atoms with Crippen molar-refractivity contribution in [1.29, 1.82) is 0 Å². The minimum atomic E-state index is -0.858. The Morgan fingerprint density at radius 1 is 1.22 bits per heavy atom. The molecule has 5 heteroatoms. The Balaban J connectivity index is 2.45. The molecule has 0 heterocycles. The number of hydrogen-bond acceptors (Lipinski definition) is 4. The Morgan fingerprint density at radius 2 is 1.83 bits per heavy atom. The number of methoxy groups -OCH3 is 1. The summed E-state index contributed by atoms with van der Waals surface area (Å²) in [5, 5.41) is 2.56. The first-order valence-corrected chi connectivity index (χ1v) is 5.53. The highest BCUT2D eigenvalue weighted by molar-refractivity contribution is 5.85. The molecule has 0 aromatic heterocycles. The van der Waals surface area contributed by atoms with Gasteiger partial charge < -0.3 is 9.47 Å². The van der Waals surface area contributed by atoms with Crippen molar-refractivity contribution < 1.29 is 19.1 Å². The van der Waals surface area contributed by atoms with Gasteiger partial charge in [0.25, 0.3) is 0 Å². The summed E-state index contributed by atoms with van der Waals surface area (Å²) in [4.78, 5) is 22.9. The van der Waals surface area contributed by atoms with Gasteiger partial charge in [-0.25, -0.2) is 4.79 Å². The normalized spacial score (nSPS) is 10.6.